The van der Waals surface area contributed by atoms with E-state index in [1.54, 1.807) is 0 Å². The fraction of sp³-hybridized carbons (Fsp3) is 0.450. The van der Waals surface area contributed by atoms with Gasteiger partial charge in [0.1, 0.15) is 6.26 Å². The summed E-state index contributed by atoms with van der Waals surface area (Å²) in [5.41, 5.74) is 3.07. The van der Waals surface area contributed by atoms with Crippen LogP contribution in [0.3, 0.4) is 0 Å². The van der Waals surface area contributed by atoms with E-state index in [-0.39, 0.29) is 11.6 Å². The van der Waals surface area contributed by atoms with Gasteiger partial charge >= 0.3 is 0 Å². The van der Waals surface area contributed by atoms with Gasteiger partial charge in [-0.05, 0) is 25.0 Å². The van der Waals surface area contributed by atoms with E-state index in [2.05, 4.69) is 31.7 Å². The summed E-state index contributed by atoms with van der Waals surface area (Å²) in [4.78, 5) is 21.7. The van der Waals surface area contributed by atoms with Crippen LogP contribution in [0.5, 0.6) is 0 Å². The first-order valence-electron chi connectivity index (χ1n) is 10.1. The number of nitrogens with one attached hydrogen (secondary N) is 2. The third kappa shape index (κ3) is 3.42. The first kappa shape index (κ1) is 18.0. The van der Waals surface area contributed by atoms with Gasteiger partial charge in [0.25, 0.3) is 11.9 Å². The molecule has 0 bridgehead atoms. The Morgan fingerprint density at radius 1 is 1.14 bits per heavy atom. The minimum Gasteiger partial charge on any atom is -0.431 e. The lowest BCUT2D eigenvalue weighted by Crippen LogP contribution is -2.43. The van der Waals surface area contributed by atoms with E-state index in [0.717, 1.165) is 74.4 Å². The first-order chi connectivity index (χ1) is 14.2. The molecule has 2 aliphatic rings. The highest BCUT2D eigenvalue weighted by Gasteiger charge is 2.22. The van der Waals surface area contributed by atoms with Crippen molar-refractivity contribution in [2.45, 2.75) is 12.8 Å². The summed E-state index contributed by atoms with van der Waals surface area (Å²) in [5.74, 6) is -0.267. The highest BCUT2D eigenvalue weighted by Crippen LogP contribution is 2.33. The Kier molecular flexibility index (Phi) is 4.59. The van der Waals surface area contributed by atoms with Crippen LogP contribution in [-0.4, -0.2) is 59.9 Å². The summed E-state index contributed by atoms with van der Waals surface area (Å²) < 4.78 is 7.39. The van der Waals surface area contributed by atoms with E-state index in [1.165, 1.54) is 6.26 Å². The molecule has 0 saturated carbocycles. The molecule has 9 heteroatoms. The third-order valence-corrected chi connectivity index (χ3v) is 5.67. The monoisotopic (exact) mass is 395 g/mol. The molecule has 29 heavy (non-hydrogen) atoms. The van der Waals surface area contributed by atoms with Gasteiger partial charge in [-0.1, -0.05) is 0 Å². The van der Waals surface area contributed by atoms with Crippen molar-refractivity contribution < 1.29 is 9.21 Å². The largest absolute Gasteiger partial charge is 0.431 e. The van der Waals surface area contributed by atoms with Crippen molar-refractivity contribution in [2.24, 2.45) is 7.05 Å². The number of nitrogens with zero attached hydrogens (tertiary/aromatic N) is 5. The van der Waals surface area contributed by atoms with E-state index in [9.17, 15) is 4.79 Å². The molecule has 9 nitrogen and oxygen atoms in total. The molecule has 4 heterocycles. The normalized spacial score (nSPS) is 17.3. The number of carbonyl (C=O) groups excluding carboxylic acids is 1. The van der Waals surface area contributed by atoms with Crippen molar-refractivity contribution in [3.63, 3.8) is 0 Å². The Labute approximate surface area is 168 Å². The van der Waals surface area contributed by atoms with Gasteiger partial charge in [0.2, 0.25) is 0 Å². The Morgan fingerprint density at radius 2 is 1.93 bits per heavy atom. The van der Waals surface area contributed by atoms with Gasteiger partial charge in [-0.2, -0.15) is 10.1 Å². The molecule has 1 aromatic carbocycles. The number of benzene rings is 1. The fourth-order valence-electron chi connectivity index (χ4n) is 4.06. The smallest absolute Gasteiger partial charge is 0.298 e. The molecule has 3 aromatic rings. The molecule has 0 spiro atoms. The first-order valence-corrected chi connectivity index (χ1v) is 10.1. The van der Waals surface area contributed by atoms with Gasteiger partial charge in [-0.3, -0.25) is 9.48 Å². The van der Waals surface area contributed by atoms with Crippen LogP contribution in [0.2, 0.25) is 0 Å². The molecule has 0 atom stereocenters. The fourth-order valence-corrected chi connectivity index (χ4v) is 4.06. The number of oxazole rings is 1. The van der Waals surface area contributed by atoms with E-state index < -0.39 is 0 Å². The third-order valence-electron chi connectivity index (χ3n) is 5.67. The zero-order valence-corrected chi connectivity index (χ0v) is 16.5. The van der Waals surface area contributed by atoms with Gasteiger partial charge in [0.05, 0.1) is 23.1 Å². The number of anilines is 3. The number of fused-ring (bicyclic) bond motifs is 1. The zero-order chi connectivity index (χ0) is 19.8. The van der Waals surface area contributed by atoms with Crippen LogP contribution in [-0.2, 0) is 7.05 Å². The van der Waals surface area contributed by atoms with Crippen molar-refractivity contribution >= 4 is 34.2 Å². The molecule has 2 N–H and O–H groups in total. The Bertz CT molecular complexity index is 1030. The quantitative estimate of drug-likeness (QED) is 0.696. The van der Waals surface area contributed by atoms with Crippen molar-refractivity contribution in [3.05, 3.63) is 30.3 Å². The molecule has 0 unspecified atom stereocenters. The van der Waals surface area contributed by atoms with Crippen molar-refractivity contribution in [3.8, 4) is 0 Å². The predicted octanol–water partition coefficient (Wildman–Crippen LogP) is 1.82. The van der Waals surface area contributed by atoms with E-state index in [1.807, 2.05) is 28.9 Å². The summed E-state index contributed by atoms with van der Waals surface area (Å²) in [7, 11) is 1.90. The van der Waals surface area contributed by atoms with Crippen LogP contribution < -0.4 is 20.4 Å². The van der Waals surface area contributed by atoms with E-state index in [4.69, 9.17) is 4.42 Å². The van der Waals surface area contributed by atoms with Gasteiger partial charge < -0.3 is 24.9 Å². The van der Waals surface area contributed by atoms with Gasteiger partial charge in [-0.15, -0.1) is 0 Å². The lowest BCUT2D eigenvalue weighted by Gasteiger charge is -2.25. The average Bonchev–Trinajstić information content (AvgIpc) is 3.50. The number of hydrogen-bond donors (Lipinski definition) is 2. The highest BCUT2D eigenvalue weighted by atomic mass is 16.4. The average molecular weight is 395 g/mol. The zero-order valence-electron chi connectivity index (χ0n) is 16.5. The van der Waals surface area contributed by atoms with Crippen molar-refractivity contribution in [2.75, 3.05) is 54.4 Å². The predicted molar refractivity (Wildman–Crippen MR) is 112 cm³/mol. The molecule has 2 saturated heterocycles. The van der Waals surface area contributed by atoms with Gasteiger partial charge in [0.15, 0.2) is 5.69 Å². The molecule has 2 aromatic heterocycles. The maximum Gasteiger partial charge on any atom is 0.298 e. The topological polar surface area (TPSA) is 91.5 Å². The van der Waals surface area contributed by atoms with Crippen LogP contribution in [0.1, 0.15) is 23.3 Å². The number of piperazine rings is 1. The van der Waals surface area contributed by atoms with E-state index in [0.29, 0.717) is 6.01 Å². The maximum atomic E-state index is 12.9. The molecule has 1 amide bonds. The molecule has 152 valence electrons. The van der Waals surface area contributed by atoms with Crippen LogP contribution in [0, 0.1) is 0 Å². The van der Waals surface area contributed by atoms with Crippen molar-refractivity contribution in [1.82, 2.24) is 20.1 Å². The maximum absolute atomic E-state index is 12.9. The Hall–Kier alpha value is -3.07. The van der Waals surface area contributed by atoms with Crippen LogP contribution >= 0.6 is 0 Å². The lowest BCUT2D eigenvalue weighted by atomic mass is 10.1. The molecular formula is C20H25N7O2. The number of hydrogen-bond acceptors (Lipinski definition) is 7. The standard InChI is InChI=1S/C20H25N7O2/c1-25-17-11-15(18(10-14(17)12-22-25)26-6-2-3-7-26)23-19(28)16-13-29-20(24-16)27-8-4-21-5-9-27/h10-13,21H,2-9H2,1H3,(H,23,28). The van der Waals surface area contributed by atoms with Crippen LogP contribution in [0.25, 0.3) is 10.9 Å². The summed E-state index contributed by atoms with van der Waals surface area (Å²) in [6.07, 6.45) is 5.62. The minimum absolute atomic E-state index is 0.267. The summed E-state index contributed by atoms with van der Waals surface area (Å²) in [6, 6.07) is 4.60. The lowest BCUT2D eigenvalue weighted by molar-refractivity contribution is 0.102. The molecule has 2 fully saturated rings. The Balaban J connectivity index is 1.43. The highest BCUT2D eigenvalue weighted by molar-refractivity contribution is 6.06. The SMILES string of the molecule is Cn1ncc2cc(N3CCCC3)c(NC(=O)c3coc(N4CCNCC4)n3)cc21. The summed E-state index contributed by atoms with van der Waals surface area (Å²) in [5, 5.41) is 11.8. The number of amides is 1. The van der Waals surface area contributed by atoms with Crippen molar-refractivity contribution in [1.29, 1.82) is 0 Å². The second-order valence-electron chi connectivity index (χ2n) is 7.60. The second-order valence-corrected chi connectivity index (χ2v) is 7.60. The number of aromatic nitrogens is 3. The van der Waals surface area contributed by atoms with E-state index >= 15 is 0 Å². The molecule has 2 aliphatic heterocycles. The summed E-state index contributed by atoms with van der Waals surface area (Å²) >= 11 is 0. The molecular weight excluding hydrogens is 370 g/mol. The van der Waals surface area contributed by atoms with Gasteiger partial charge in [0, 0.05) is 51.7 Å². The Morgan fingerprint density at radius 3 is 2.72 bits per heavy atom. The van der Waals surface area contributed by atoms with Gasteiger partial charge in [-0.25, -0.2) is 0 Å². The number of rotatable bonds is 4. The van der Waals surface area contributed by atoms with Crippen LogP contribution in [0.4, 0.5) is 17.4 Å². The second kappa shape index (κ2) is 7.40. The summed E-state index contributed by atoms with van der Waals surface area (Å²) in [6.45, 7) is 5.38. The number of carbonyl (C=O) groups is 1. The number of aryl methyl sites for hydroxylation is 1. The minimum atomic E-state index is -0.267. The molecule has 0 radical (unpaired) electrons. The van der Waals surface area contributed by atoms with Crippen LogP contribution in [0.15, 0.2) is 29.0 Å². The molecule has 5 rings (SSSR count). The molecule has 0 aliphatic carbocycles.